The smallest absolute Gasteiger partial charge is 0.340 e. The van der Waals surface area contributed by atoms with E-state index in [9.17, 15) is 9.90 Å². The number of rotatable bonds is 5. The Hall–Kier alpha value is -2.99. The molecule has 2 N–H and O–H groups in total. The van der Waals surface area contributed by atoms with Crippen LogP contribution >= 0.6 is 0 Å². The number of phenolic OH excluding ortho intramolecular Hbond substituents is 1. The summed E-state index contributed by atoms with van der Waals surface area (Å²) in [6.45, 7) is 6.48. The van der Waals surface area contributed by atoms with Crippen LogP contribution in [0.1, 0.15) is 23.0 Å². The molecule has 0 radical (unpaired) electrons. The van der Waals surface area contributed by atoms with Crippen LogP contribution in [0.2, 0.25) is 0 Å². The Morgan fingerprint density at radius 1 is 1.11 bits per heavy atom. The van der Waals surface area contributed by atoms with E-state index in [-0.39, 0.29) is 11.7 Å². The highest BCUT2D eigenvalue weighted by molar-refractivity contribution is 6.06. The van der Waals surface area contributed by atoms with Gasteiger partial charge in [-0.2, -0.15) is 0 Å². The second-order valence-electron chi connectivity index (χ2n) is 7.03. The summed E-state index contributed by atoms with van der Waals surface area (Å²) in [7, 11) is 0. The number of anilines is 1. The number of ether oxygens (including phenoxy) is 1. The third kappa shape index (κ3) is 3.68. The van der Waals surface area contributed by atoms with Crippen LogP contribution in [-0.4, -0.2) is 53.7 Å². The van der Waals surface area contributed by atoms with Gasteiger partial charge in [0.2, 0.25) is 0 Å². The van der Waals surface area contributed by atoms with Crippen LogP contribution in [0.15, 0.2) is 48.5 Å². The van der Waals surface area contributed by atoms with Gasteiger partial charge in [-0.15, -0.1) is 0 Å². The second kappa shape index (κ2) is 7.94. The third-order valence-electron chi connectivity index (χ3n) is 5.21. The van der Waals surface area contributed by atoms with Gasteiger partial charge in [-0.25, -0.2) is 4.79 Å². The van der Waals surface area contributed by atoms with Gasteiger partial charge >= 0.3 is 5.97 Å². The summed E-state index contributed by atoms with van der Waals surface area (Å²) in [5.41, 5.74) is 3.44. The molecular formula is C22H25N3O3. The van der Waals surface area contributed by atoms with Crippen molar-refractivity contribution < 1.29 is 14.6 Å². The number of esters is 1. The van der Waals surface area contributed by atoms with Crippen molar-refractivity contribution in [3.05, 3.63) is 59.8 Å². The molecule has 146 valence electrons. The monoisotopic (exact) mass is 379 g/mol. The summed E-state index contributed by atoms with van der Waals surface area (Å²) < 4.78 is 5.27. The Morgan fingerprint density at radius 2 is 1.86 bits per heavy atom. The largest absolute Gasteiger partial charge is 0.508 e. The quantitative estimate of drug-likeness (QED) is 0.665. The number of H-pyrrole nitrogens is 1. The van der Waals surface area contributed by atoms with Gasteiger partial charge in [0.15, 0.2) is 0 Å². The molecule has 6 heteroatoms. The van der Waals surface area contributed by atoms with E-state index in [0.29, 0.717) is 24.1 Å². The number of phenols is 1. The number of piperazine rings is 1. The molecule has 1 aromatic heterocycles. The Morgan fingerprint density at radius 3 is 2.57 bits per heavy atom. The molecule has 0 aliphatic carbocycles. The lowest BCUT2D eigenvalue weighted by molar-refractivity contribution is 0.0526. The number of nitrogens with one attached hydrogen (secondary N) is 1. The highest BCUT2D eigenvalue weighted by atomic mass is 16.5. The van der Waals surface area contributed by atoms with Crippen molar-refractivity contribution in [2.75, 3.05) is 37.7 Å². The van der Waals surface area contributed by atoms with E-state index < -0.39 is 0 Å². The SMILES string of the molecule is CCOC(=O)c1c(CN2CCN(c3ccccc3)CC2)[nH]c2ccc(O)cc12. The summed E-state index contributed by atoms with van der Waals surface area (Å²) in [5, 5.41) is 10.6. The van der Waals surface area contributed by atoms with Crippen LogP contribution < -0.4 is 4.90 Å². The maximum Gasteiger partial charge on any atom is 0.340 e. The van der Waals surface area contributed by atoms with Crippen molar-refractivity contribution in [3.63, 3.8) is 0 Å². The average molecular weight is 379 g/mol. The molecule has 0 amide bonds. The number of hydrogen-bond acceptors (Lipinski definition) is 5. The number of fused-ring (bicyclic) bond motifs is 1. The summed E-state index contributed by atoms with van der Waals surface area (Å²) in [6.07, 6.45) is 0. The molecule has 1 fully saturated rings. The number of carbonyl (C=O) groups is 1. The molecule has 0 atom stereocenters. The van der Waals surface area contributed by atoms with Crippen molar-refractivity contribution in [1.82, 2.24) is 9.88 Å². The van der Waals surface area contributed by atoms with Crippen LogP contribution in [0.25, 0.3) is 10.9 Å². The Kier molecular flexibility index (Phi) is 5.21. The van der Waals surface area contributed by atoms with E-state index in [2.05, 4.69) is 39.0 Å². The summed E-state index contributed by atoms with van der Waals surface area (Å²) in [5.74, 6) is -0.211. The van der Waals surface area contributed by atoms with E-state index in [1.807, 2.05) is 6.07 Å². The number of aromatic nitrogens is 1. The minimum atomic E-state index is -0.350. The number of para-hydroxylation sites is 1. The molecule has 0 spiro atoms. The fourth-order valence-corrected chi connectivity index (χ4v) is 3.82. The van der Waals surface area contributed by atoms with Gasteiger partial charge in [-0.3, -0.25) is 4.90 Å². The van der Waals surface area contributed by atoms with E-state index >= 15 is 0 Å². The van der Waals surface area contributed by atoms with Crippen LogP contribution in [0, 0.1) is 0 Å². The molecular weight excluding hydrogens is 354 g/mol. The summed E-state index contributed by atoms with van der Waals surface area (Å²) in [6, 6.07) is 15.5. The first-order chi connectivity index (χ1) is 13.7. The van der Waals surface area contributed by atoms with Crippen molar-refractivity contribution in [2.45, 2.75) is 13.5 Å². The first kappa shape index (κ1) is 18.4. The maximum atomic E-state index is 12.6. The van der Waals surface area contributed by atoms with Crippen molar-refractivity contribution in [2.24, 2.45) is 0 Å². The molecule has 3 aromatic rings. The maximum absolute atomic E-state index is 12.6. The number of aromatic hydroxyl groups is 1. The molecule has 2 aromatic carbocycles. The molecule has 1 aliphatic heterocycles. The Labute approximate surface area is 164 Å². The van der Waals surface area contributed by atoms with Crippen LogP contribution in [0.4, 0.5) is 5.69 Å². The predicted octanol–water partition coefficient (Wildman–Crippen LogP) is 3.37. The minimum Gasteiger partial charge on any atom is -0.508 e. The summed E-state index contributed by atoms with van der Waals surface area (Å²) >= 11 is 0. The summed E-state index contributed by atoms with van der Waals surface area (Å²) in [4.78, 5) is 20.7. The fourth-order valence-electron chi connectivity index (χ4n) is 3.82. The van der Waals surface area contributed by atoms with Crippen molar-refractivity contribution in [1.29, 1.82) is 0 Å². The van der Waals surface area contributed by atoms with E-state index in [4.69, 9.17) is 4.74 Å². The first-order valence-corrected chi connectivity index (χ1v) is 9.68. The molecule has 2 heterocycles. The number of carbonyl (C=O) groups excluding carboxylic acids is 1. The second-order valence-corrected chi connectivity index (χ2v) is 7.03. The van der Waals surface area contributed by atoms with Crippen molar-refractivity contribution >= 4 is 22.6 Å². The standard InChI is InChI=1S/C22H25N3O3/c1-2-28-22(27)21-18-14-17(26)8-9-19(18)23-20(21)15-24-10-12-25(13-11-24)16-6-4-3-5-7-16/h3-9,14,23,26H,2,10-13,15H2,1H3. The molecule has 0 bridgehead atoms. The highest BCUT2D eigenvalue weighted by Crippen LogP contribution is 2.28. The number of aromatic amines is 1. The molecule has 1 aliphatic rings. The van der Waals surface area contributed by atoms with E-state index in [1.165, 1.54) is 5.69 Å². The molecule has 6 nitrogen and oxygen atoms in total. The molecule has 0 saturated carbocycles. The van der Waals surface area contributed by atoms with E-state index in [1.54, 1.807) is 25.1 Å². The lowest BCUT2D eigenvalue weighted by Gasteiger charge is -2.36. The fraction of sp³-hybridized carbons (Fsp3) is 0.318. The van der Waals surface area contributed by atoms with Gasteiger partial charge in [0.05, 0.1) is 12.2 Å². The zero-order chi connectivity index (χ0) is 19.5. The van der Waals surface area contributed by atoms with Gasteiger partial charge in [0, 0.05) is 55.0 Å². The zero-order valence-electron chi connectivity index (χ0n) is 16.0. The van der Waals surface area contributed by atoms with Gasteiger partial charge < -0.3 is 19.7 Å². The number of nitrogens with zero attached hydrogens (tertiary/aromatic N) is 2. The van der Waals surface area contributed by atoms with Crippen molar-refractivity contribution in [3.8, 4) is 5.75 Å². The minimum absolute atomic E-state index is 0.139. The highest BCUT2D eigenvalue weighted by Gasteiger charge is 2.24. The van der Waals surface area contributed by atoms with Crippen LogP contribution in [0.5, 0.6) is 5.75 Å². The Balaban J connectivity index is 1.53. The number of benzene rings is 2. The van der Waals surface area contributed by atoms with Crippen LogP contribution in [0.3, 0.4) is 0 Å². The number of hydrogen-bond donors (Lipinski definition) is 2. The average Bonchev–Trinajstić information content (AvgIpc) is 3.06. The zero-order valence-corrected chi connectivity index (χ0v) is 16.0. The normalized spacial score (nSPS) is 15.1. The van der Waals surface area contributed by atoms with Crippen LogP contribution in [-0.2, 0) is 11.3 Å². The Bertz CT molecular complexity index is 960. The topological polar surface area (TPSA) is 68.8 Å². The van der Waals surface area contributed by atoms with Gasteiger partial charge in [-0.05, 0) is 37.3 Å². The predicted molar refractivity (Wildman–Crippen MR) is 110 cm³/mol. The molecule has 4 rings (SSSR count). The van der Waals surface area contributed by atoms with E-state index in [0.717, 1.165) is 37.4 Å². The first-order valence-electron chi connectivity index (χ1n) is 9.68. The van der Waals surface area contributed by atoms with Gasteiger partial charge in [0.25, 0.3) is 0 Å². The molecule has 0 unspecified atom stereocenters. The molecule has 28 heavy (non-hydrogen) atoms. The van der Waals surface area contributed by atoms with Gasteiger partial charge in [-0.1, -0.05) is 18.2 Å². The third-order valence-corrected chi connectivity index (χ3v) is 5.21. The lowest BCUT2D eigenvalue weighted by Crippen LogP contribution is -2.46. The van der Waals surface area contributed by atoms with Gasteiger partial charge in [0.1, 0.15) is 5.75 Å². The molecule has 1 saturated heterocycles. The lowest BCUT2D eigenvalue weighted by atomic mass is 10.1.